The molecule has 4 aliphatic rings. The van der Waals surface area contributed by atoms with Gasteiger partial charge in [-0.25, -0.2) is 0 Å². The molecule has 30 heavy (non-hydrogen) atoms. The summed E-state index contributed by atoms with van der Waals surface area (Å²) in [7, 11) is 0. The van der Waals surface area contributed by atoms with Gasteiger partial charge in [0.2, 0.25) is 12.3 Å². The highest BCUT2D eigenvalue weighted by Crippen LogP contribution is 2.57. The minimum Gasteiger partial charge on any atom is -0.356 e. The fourth-order valence-corrected chi connectivity index (χ4v) is 6.23. The van der Waals surface area contributed by atoms with Gasteiger partial charge in [0.25, 0.3) is 0 Å². The van der Waals surface area contributed by atoms with Crippen LogP contribution >= 0.6 is 0 Å². The fraction of sp³-hybridized carbons (Fsp3) is 0.720. The highest BCUT2D eigenvalue weighted by molar-refractivity contribution is 5.80. The third-order valence-corrected chi connectivity index (χ3v) is 8.29. The zero-order chi connectivity index (χ0) is 21.1. The summed E-state index contributed by atoms with van der Waals surface area (Å²) in [4.78, 5) is 15.0. The number of hydrogen-bond acceptors (Lipinski definition) is 4. The minimum absolute atomic E-state index is 0.0923. The number of benzene rings is 1. The van der Waals surface area contributed by atoms with E-state index in [1.165, 1.54) is 24.0 Å². The Morgan fingerprint density at radius 3 is 2.47 bits per heavy atom. The van der Waals surface area contributed by atoms with Gasteiger partial charge in [0.1, 0.15) is 0 Å². The van der Waals surface area contributed by atoms with Crippen LogP contribution in [0.1, 0.15) is 76.3 Å². The number of ether oxygens (including phenoxy) is 1. The molecule has 0 bridgehead atoms. The highest BCUT2D eigenvalue weighted by Gasteiger charge is 2.53. The first-order valence-electron chi connectivity index (χ1n) is 11.6. The van der Waals surface area contributed by atoms with E-state index in [1.54, 1.807) is 0 Å². The quantitative estimate of drug-likeness (QED) is 0.780. The molecule has 2 spiro atoms. The van der Waals surface area contributed by atoms with Gasteiger partial charge in [-0.3, -0.25) is 10.1 Å². The van der Waals surface area contributed by atoms with E-state index in [2.05, 4.69) is 55.3 Å². The number of nitrogens with one attached hydrogen (secondary N) is 1. The molecule has 2 aliphatic carbocycles. The van der Waals surface area contributed by atoms with Gasteiger partial charge in [0.15, 0.2) is 0 Å². The molecule has 5 rings (SSSR count). The van der Waals surface area contributed by atoms with Gasteiger partial charge in [-0.2, -0.15) is 0 Å². The third kappa shape index (κ3) is 3.59. The number of nitrogens with zero attached hydrogens (tertiary/aromatic N) is 1. The maximum atomic E-state index is 12.9. The van der Waals surface area contributed by atoms with E-state index in [4.69, 9.17) is 4.74 Å². The predicted molar refractivity (Wildman–Crippen MR) is 116 cm³/mol. The standard InChI is InChI=1S/C25H36N2O3/c1-23(2,3)20-6-4-5-17(11-20)18-12-24(13-18)7-9-27(10-8-24)21(28)19-14-25(15-19)16-30-22(29)26-25/h4-6,11,18-19,22,26,29H,7-10,12-16H2,1-3H3/t19-,22?,25+. The molecule has 2 heterocycles. The molecule has 5 nitrogen and oxygen atoms in total. The number of carbonyl (C=O) groups is 1. The van der Waals surface area contributed by atoms with Gasteiger partial charge < -0.3 is 14.7 Å². The van der Waals surface area contributed by atoms with Gasteiger partial charge in [-0.15, -0.1) is 0 Å². The van der Waals surface area contributed by atoms with Crippen LogP contribution in [0.5, 0.6) is 0 Å². The first-order chi connectivity index (χ1) is 14.2. The van der Waals surface area contributed by atoms with Crippen molar-refractivity contribution in [2.75, 3.05) is 19.7 Å². The average Bonchev–Trinajstić information content (AvgIpc) is 3.06. The van der Waals surface area contributed by atoms with Gasteiger partial charge >= 0.3 is 0 Å². The second-order valence-corrected chi connectivity index (χ2v) is 11.5. The largest absolute Gasteiger partial charge is 0.356 e. The number of piperidine rings is 1. The van der Waals surface area contributed by atoms with Crippen molar-refractivity contribution in [1.29, 1.82) is 0 Å². The van der Waals surface area contributed by atoms with Crippen molar-refractivity contribution < 1.29 is 14.6 Å². The second-order valence-electron chi connectivity index (χ2n) is 11.5. The molecule has 1 aromatic carbocycles. The number of aliphatic hydroxyl groups is 1. The minimum atomic E-state index is -0.869. The molecule has 1 aromatic rings. The third-order valence-electron chi connectivity index (χ3n) is 8.29. The summed E-state index contributed by atoms with van der Waals surface area (Å²) in [5, 5.41) is 12.6. The first-order valence-corrected chi connectivity index (χ1v) is 11.6. The van der Waals surface area contributed by atoms with E-state index in [9.17, 15) is 9.90 Å². The lowest BCUT2D eigenvalue weighted by Crippen LogP contribution is -2.59. The zero-order valence-corrected chi connectivity index (χ0v) is 18.6. The Hall–Kier alpha value is -1.43. The van der Waals surface area contributed by atoms with Crippen molar-refractivity contribution in [1.82, 2.24) is 10.2 Å². The number of carbonyl (C=O) groups excluding carboxylic acids is 1. The summed E-state index contributed by atoms with van der Waals surface area (Å²) in [6.45, 7) is 9.17. The van der Waals surface area contributed by atoms with Crippen LogP contribution in [0, 0.1) is 11.3 Å². The highest BCUT2D eigenvalue weighted by atomic mass is 16.6. The predicted octanol–water partition coefficient (Wildman–Crippen LogP) is 3.51. The smallest absolute Gasteiger partial charge is 0.225 e. The Labute approximate surface area is 180 Å². The van der Waals surface area contributed by atoms with Crippen LogP contribution in [0.3, 0.4) is 0 Å². The van der Waals surface area contributed by atoms with Gasteiger partial charge in [-0.05, 0) is 66.4 Å². The summed E-state index contributed by atoms with van der Waals surface area (Å²) in [6, 6.07) is 9.19. The summed E-state index contributed by atoms with van der Waals surface area (Å²) in [6.07, 6.45) is 5.54. The molecule has 1 unspecified atom stereocenters. The summed E-state index contributed by atoms with van der Waals surface area (Å²) < 4.78 is 5.23. The van der Waals surface area contributed by atoms with Crippen LogP contribution < -0.4 is 5.32 Å². The Kier molecular flexibility index (Phi) is 4.81. The summed E-state index contributed by atoms with van der Waals surface area (Å²) in [5.74, 6) is 1.09. The Balaban J connectivity index is 1.12. The van der Waals surface area contributed by atoms with Crippen molar-refractivity contribution in [3.63, 3.8) is 0 Å². The lowest BCUT2D eigenvalue weighted by atomic mass is 9.55. The SMILES string of the molecule is CC(C)(C)c1cccc(C2CC3(CCN(C(=O)[C@H]4C[C@]5(COC(O)N5)C4)CC3)C2)c1. The van der Waals surface area contributed by atoms with Crippen LogP contribution in [0.15, 0.2) is 24.3 Å². The molecular formula is C25H36N2O3. The number of likely N-dealkylation sites (tertiary alicyclic amines) is 1. The Bertz CT molecular complexity index is 808. The molecule has 0 aromatic heterocycles. The van der Waals surface area contributed by atoms with Gasteiger partial charge in [-0.1, -0.05) is 45.0 Å². The van der Waals surface area contributed by atoms with Crippen LogP contribution in [0.2, 0.25) is 0 Å². The monoisotopic (exact) mass is 412 g/mol. The topological polar surface area (TPSA) is 61.8 Å². The van der Waals surface area contributed by atoms with E-state index in [0.717, 1.165) is 38.8 Å². The first kappa shape index (κ1) is 20.5. The molecule has 2 aliphatic heterocycles. The normalized spacial score (nSPS) is 30.3. The number of rotatable bonds is 2. The van der Waals surface area contributed by atoms with Crippen LogP contribution in [-0.4, -0.2) is 47.6 Å². The van der Waals surface area contributed by atoms with E-state index >= 15 is 0 Å². The molecule has 5 heteroatoms. The zero-order valence-electron chi connectivity index (χ0n) is 18.6. The number of amides is 1. The van der Waals surface area contributed by atoms with Crippen molar-refractivity contribution in [3.8, 4) is 0 Å². The lowest BCUT2D eigenvalue weighted by Gasteiger charge is -2.53. The molecule has 2 saturated heterocycles. The van der Waals surface area contributed by atoms with Crippen molar-refractivity contribution in [2.24, 2.45) is 11.3 Å². The molecule has 0 radical (unpaired) electrons. The Morgan fingerprint density at radius 2 is 1.87 bits per heavy atom. The number of hydrogen-bond donors (Lipinski definition) is 2. The van der Waals surface area contributed by atoms with E-state index in [0.29, 0.717) is 23.8 Å². The number of aliphatic hydroxyl groups excluding tert-OH is 1. The maximum absolute atomic E-state index is 12.9. The molecule has 164 valence electrons. The van der Waals surface area contributed by atoms with Crippen molar-refractivity contribution >= 4 is 5.91 Å². The van der Waals surface area contributed by atoms with Crippen LogP contribution in [0.25, 0.3) is 0 Å². The Morgan fingerprint density at radius 1 is 1.17 bits per heavy atom. The second kappa shape index (κ2) is 7.04. The van der Waals surface area contributed by atoms with E-state index in [1.807, 2.05) is 0 Å². The average molecular weight is 413 g/mol. The van der Waals surface area contributed by atoms with E-state index < -0.39 is 6.41 Å². The van der Waals surface area contributed by atoms with Crippen LogP contribution in [0.4, 0.5) is 0 Å². The molecule has 2 saturated carbocycles. The lowest BCUT2D eigenvalue weighted by molar-refractivity contribution is -0.144. The van der Waals surface area contributed by atoms with E-state index in [-0.39, 0.29) is 16.9 Å². The van der Waals surface area contributed by atoms with Crippen LogP contribution in [-0.2, 0) is 14.9 Å². The molecular weight excluding hydrogens is 376 g/mol. The maximum Gasteiger partial charge on any atom is 0.225 e. The summed E-state index contributed by atoms with van der Waals surface area (Å²) >= 11 is 0. The summed E-state index contributed by atoms with van der Waals surface area (Å²) in [5.41, 5.74) is 3.40. The molecule has 2 N–H and O–H groups in total. The van der Waals surface area contributed by atoms with Crippen molar-refractivity contribution in [3.05, 3.63) is 35.4 Å². The fourth-order valence-electron chi connectivity index (χ4n) is 6.23. The van der Waals surface area contributed by atoms with Crippen molar-refractivity contribution in [2.45, 2.75) is 82.6 Å². The molecule has 1 amide bonds. The molecule has 1 atom stereocenters. The van der Waals surface area contributed by atoms with Gasteiger partial charge in [0, 0.05) is 24.5 Å². The van der Waals surface area contributed by atoms with Gasteiger partial charge in [0.05, 0.1) is 6.61 Å². The molecule has 4 fully saturated rings.